The molecule has 0 bridgehead atoms. The zero-order chi connectivity index (χ0) is 22.7. The second-order valence-electron chi connectivity index (χ2n) is 8.23. The molecule has 1 N–H and O–H groups in total. The molecule has 0 radical (unpaired) electrons. The van der Waals surface area contributed by atoms with Crippen LogP contribution >= 0.6 is 11.8 Å². The van der Waals surface area contributed by atoms with Crippen LogP contribution in [0.25, 0.3) is 0 Å². The number of piperazine rings is 1. The molecule has 0 spiro atoms. The van der Waals surface area contributed by atoms with Crippen LogP contribution in [0.15, 0.2) is 25.8 Å². The molecule has 2 saturated heterocycles. The van der Waals surface area contributed by atoms with Crippen LogP contribution in [-0.2, 0) is 11.3 Å². The van der Waals surface area contributed by atoms with Crippen molar-refractivity contribution in [3.8, 4) is 0 Å². The van der Waals surface area contributed by atoms with Crippen molar-refractivity contribution in [1.29, 1.82) is 0 Å². The van der Waals surface area contributed by atoms with Crippen LogP contribution < -0.4 is 15.6 Å². The Morgan fingerprint density at radius 2 is 1.91 bits per heavy atom. The van der Waals surface area contributed by atoms with Gasteiger partial charge in [-0.2, -0.15) is 0 Å². The van der Waals surface area contributed by atoms with E-state index >= 15 is 4.39 Å². The number of hydrogen-bond acceptors (Lipinski definition) is 9. The first kappa shape index (κ1) is 21.1. The van der Waals surface area contributed by atoms with E-state index in [1.165, 1.54) is 17.8 Å². The molecule has 32 heavy (non-hydrogen) atoms. The van der Waals surface area contributed by atoms with Crippen LogP contribution in [0.2, 0.25) is 0 Å². The summed E-state index contributed by atoms with van der Waals surface area (Å²) >= 11 is 1.44. The smallest absolute Gasteiger partial charge is 0.481 e. The molecule has 0 aliphatic carbocycles. The number of thioether (sulfide) groups is 1. The summed E-state index contributed by atoms with van der Waals surface area (Å²) in [6.45, 7) is 6.42. The number of carbonyl (C=O) groups is 2. The largest absolute Gasteiger partial charge is 0.519 e. The molecule has 1 aromatic carbocycles. The van der Waals surface area contributed by atoms with Gasteiger partial charge in [0.05, 0.1) is 28.7 Å². The summed E-state index contributed by atoms with van der Waals surface area (Å²) < 4.78 is 25.0. The molecule has 1 aromatic heterocycles. The van der Waals surface area contributed by atoms with Crippen LogP contribution in [0.5, 0.6) is 0 Å². The van der Waals surface area contributed by atoms with Crippen LogP contribution in [0.3, 0.4) is 0 Å². The van der Waals surface area contributed by atoms with Gasteiger partial charge in [0, 0.05) is 31.7 Å². The predicted octanol–water partition coefficient (Wildman–Crippen LogP) is 2.12. The summed E-state index contributed by atoms with van der Waals surface area (Å²) in [6, 6.07) is 2.86. The fourth-order valence-electron chi connectivity index (χ4n) is 4.65. The highest BCUT2D eigenvalue weighted by molar-refractivity contribution is 8.02. The van der Waals surface area contributed by atoms with Crippen molar-refractivity contribution >= 4 is 34.9 Å². The van der Waals surface area contributed by atoms with Gasteiger partial charge in [0.25, 0.3) is 0 Å². The van der Waals surface area contributed by atoms with Gasteiger partial charge in [0.2, 0.25) is 0 Å². The van der Waals surface area contributed by atoms with E-state index in [0.29, 0.717) is 55.6 Å². The first-order chi connectivity index (χ1) is 15.2. The van der Waals surface area contributed by atoms with E-state index < -0.39 is 34.7 Å². The summed E-state index contributed by atoms with van der Waals surface area (Å²) in [5.41, 5.74) is 1.13. The lowest BCUT2D eigenvalue weighted by Gasteiger charge is -2.53. The van der Waals surface area contributed by atoms with Crippen LogP contribution in [0.4, 0.5) is 15.8 Å². The van der Waals surface area contributed by atoms with Crippen molar-refractivity contribution in [3.63, 3.8) is 0 Å². The number of carbonyl (C=O) groups excluding carboxylic acids is 1. The summed E-state index contributed by atoms with van der Waals surface area (Å²) in [6.07, 6.45) is 0. The van der Waals surface area contributed by atoms with Gasteiger partial charge in [-0.3, -0.25) is 14.5 Å². The maximum Gasteiger partial charge on any atom is 0.519 e. The van der Waals surface area contributed by atoms with E-state index in [2.05, 4.69) is 4.90 Å². The number of fused-ring (bicyclic) bond motifs is 3. The minimum atomic E-state index is -1.19. The summed E-state index contributed by atoms with van der Waals surface area (Å²) in [5.74, 6) is -3.22. The fraction of sp³-hybridized carbons (Fsp3) is 0.476. The number of anilines is 2. The number of carboxylic acids is 1. The Balaban J connectivity index is 1.37. The summed E-state index contributed by atoms with van der Waals surface area (Å²) in [5, 5.41) is 9.07. The highest BCUT2D eigenvalue weighted by atomic mass is 32.2. The molecule has 0 unspecified atom stereocenters. The van der Waals surface area contributed by atoms with E-state index in [9.17, 15) is 19.5 Å². The molecule has 2 aromatic rings. The minimum absolute atomic E-state index is 0.0108. The van der Waals surface area contributed by atoms with Crippen LogP contribution in [-0.4, -0.2) is 58.7 Å². The number of Topliss-reactive ketones (excluding diaryl/α,β-unsaturated/α-hetero) is 1. The average molecular weight is 463 g/mol. The number of benzene rings is 1. The topological polar surface area (TPSA) is 107 Å². The molecule has 5 rings (SSSR count). The standard InChI is InChI=1S/C21H22FN3O6S/c1-10-16(31-21(29)30-10)9-23-3-5-24(6-4-23)15-8-14-12(7-13(15)22)18(26)17(20(27)28)19-25(14)11(2)32-19/h7-8,11,17,19H,3-6,9H2,1-2H3,(H,27,28)/t11-,17-,19-/m0/s1. The number of aryl methyl sites for hydroxylation is 1. The third-order valence-electron chi connectivity index (χ3n) is 6.36. The lowest BCUT2D eigenvalue weighted by molar-refractivity contribution is -0.140. The van der Waals surface area contributed by atoms with E-state index in [1.807, 2.05) is 16.7 Å². The third-order valence-corrected chi connectivity index (χ3v) is 7.76. The molecule has 11 heteroatoms. The highest BCUT2D eigenvalue weighted by Crippen LogP contribution is 2.51. The minimum Gasteiger partial charge on any atom is -0.481 e. The molecule has 9 nitrogen and oxygen atoms in total. The Labute approximate surface area is 186 Å². The molecule has 3 atom stereocenters. The molecular weight excluding hydrogens is 441 g/mol. The second-order valence-corrected chi connectivity index (χ2v) is 9.67. The van der Waals surface area contributed by atoms with E-state index in [4.69, 9.17) is 8.83 Å². The molecule has 170 valence electrons. The van der Waals surface area contributed by atoms with Crippen molar-refractivity contribution < 1.29 is 27.9 Å². The number of nitrogens with zero attached hydrogens (tertiary/aromatic N) is 3. The van der Waals surface area contributed by atoms with E-state index in [1.54, 1.807) is 13.0 Å². The van der Waals surface area contributed by atoms with Gasteiger partial charge in [0.15, 0.2) is 11.5 Å². The van der Waals surface area contributed by atoms with Crippen molar-refractivity contribution in [2.75, 3.05) is 36.0 Å². The first-order valence-corrected chi connectivity index (χ1v) is 11.3. The maximum atomic E-state index is 15.1. The van der Waals surface area contributed by atoms with Crippen molar-refractivity contribution in [2.24, 2.45) is 5.92 Å². The summed E-state index contributed by atoms with van der Waals surface area (Å²) in [4.78, 5) is 41.6. The molecule has 3 aliphatic rings. The molecule has 0 saturated carbocycles. The lowest BCUT2D eigenvalue weighted by atomic mass is 9.89. The Hall–Kier alpha value is -2.79. The lowest BCUT2D eigenvalue weighted by Crippen LogP contribution is -2.60. The van der Waals surface area contributed by atoms with Crippen molar-refractivity contribution in [2.45, 2.75) is 31.1 Å². The van der Waals surface area contributed by atoms with Crippen molar-refractivity contribution in [3.05, 3.63) is 45.7 Å². The number of halogens is 1. The maximum absolute atomic E-state index is 15.1. The Kier molecular flexibility index (Phi) is 5.05. The molecule has 2 fully saturated rings. The van der Waals surface area contributed by atoms with Gasteiger partial charge >= 0.3 is 11.8 Å². The van der Waals surface area contributed by atoms with Gasteiger partial charge < -0.3 is 23.7 Å². The van der Waals surface area contributed by atoms with Crippen molar-refractivity contribution in [1.82, 2.24) is 4.90 Å². The third kappa shape index (κ3) is 3.30. The van der Waals surface area contributed by atoms with Gasteiger partial charge in [-0.1, -0.05) is 0 Å². The van der Waals surface area contributed by atoms with E-state index in [0.717, 1.165) is 0 Å². The van der Waals surface area contributed by atoms with Gasteiger partial charge in [-0.15, -0.1) is 11.8 Å². The molecule has 0 amide bonds. The van der Waals surface area contributed by atoms with Crippen LogP contribution in [0, 0.1) is 18.7 Å². The zero-order valence-corrected chi connectivity index (χ0v) is 18.4. The highest BCUT2D eigenvalue weighted by Gasteiger charge is 2.53. The fourth-order valence-corrected chi connectivity index (χ4v) is 6.06. The summed E-state index contributed by atoms with van der Waals surface area (Å²) in [7, 11) is 0. The SMILES string of the molecule is Cc1oc(=O)oc1CN1CCN(c2cc3c(cc2F)C(=O)[C@H](C(=O)O)[C@@H]2S[C@@H](C)N32)CC1. The number of aliphatic carboxylic acids is 1. The second kappa shape index (κ2) is 7.66. The normalized spacial score (nSPS) is 25.3. The zero-order valence-electron chi connectivity index (χ0n) is 17.5. The monoisotopic (exact) mass is 463 g/mol. The number of carboxylic acid groups (broad SMARTS) is 1. The Morgan fingerprint density at radius 1 is 1.19 bits per heavy atom. The van der Waals surface area contributed by atoms with Gasteiger partial charge in [-0.05, 0) is 26.0 Å². The Morgan fingerprint density at radius 3 is 2.50 bits per heavy atom. The number of ketones is 1. The molecule has 3 aliphatic heterocycles. The van der Waals surface area contributed by atoms with E-state index in [-0.39, 0.29) is 10.9 Å². The predicted molar refractivity (Wildman–Crippen MR) is 115 cm³/mol. The average Bonchev–Trinajstić information content (AvgIpc) is 3.05. The number of hydrogen-bond donors (Lipinski definition) is 1. The van der Waals surface area contributed by atoms with Crippen LogP contribution in [0.1, 0.15) is 28.8 Å². The van der Waals surface area contributed by atoms with Gasteiger partial charge in [-0.25, -0.2) is 9.18 Å². The first-order valence-electron chi connectivity index (χ1n) is 10.4. The molecular formula is C21H22FN3O6S. The van der Waals surface area contributed by atoms with Gasteiger partial charge in [0.1, 0.15) is 17.5 Å². The quantitative estimate of drug-likeness (QED) is 0.678. The Bertz CT molecular complexity index is 1150. The molecule has 4 heterocycles. The number of rotatable bonds is 4.